The Balaban J connectivity index is 2.59. The molecule has 0 aromatic carbocycles. The molecule has 0 unspecified atom stereocenters. The standard InChI is InChI=1S/C16H24ClN5O2/c1-14(2,3)11-10(17)12-19-20-13(22(12)21-11)15(4,5)16(6,7)18-9(24)8-23/h8,21H,1-7H3,(H,18,24). The molecule has 8 heteroatoms. The van der Waals surface area contributed by atoms with Crippen molar-refractivity contribution in [2.75, 3.05) is 0 Å². The van der Waals surface area contributed by atoms with Crippen LogP contribution in [-0.2, 0) is 20.4 Å². The summed E-state index contributed by atoms with van der Waals surface area (Å²) in [4.78, 5) is 22.2. The van der Waals surface area contributed by atoms with Crippen molar-refractivity contribution in [3.63, 3.8) is 0 Å². The summed E-state index contributed by atoms with van der Waals surface area (Å²) in [6.45, 7) is 13.7. The zero-order valence-electron chi connectivity index (χ0n) is 15.1. The van der Waals surface area contributed by atoms with Crippen molar-refractivity contribution in [1.82, 2.24) is 25.1 Å². The molecule has 0 saturated carbocycles. The molecule has 1 amide bonds. The van der Waals surface area contributed by atoms with Gasteiger partial charge in [-0.2, -0.15) is 0 Å². The van der Waals surface area contributed by atoms with Gasteiger partial charge in [0.25, 0.3) is 5.91 Å². The van der Waals surface area contributed by atoms with Crippen LogP contribution in [0.15, 0.2) is 0 Å². The first-order valence-corrected chi connectivity index (χ1v) is 8.11. The van der Waals surface area contributed by atoms with Gasteiger partial charge in [0.1, 0.15) is 5.02 Å². The molecule has 2 N–H and O–H groups in total. The lowest BCUT2D eigenvalue weighted by molar-refractivity contribution is -0.133. The molecule has 0 aliphatic heterocycles. The van der Waals surface area contributed by atoms with E-state index in [1.165, 1.54) is 0 Å². The number of rotatable bonds is 4. The van der Waals surface area contributed by atoms with Gasteiger partial charge < -0.3 is 5.32 Å². The molecule has 0 spiro atoms. The van der Waals surface area contributed by atoms with Crippen LogP contribution in [0.5, 0.6) is 0 Å². The minimum Gasteiger partial charge on any atom is -0.344 e. The Morgan fingerprint density at radius 3 is 2.25 bits per heavy atom. The predicted octanol–water partition coefficient (Wildman–Crippen LogP) is 2.38. The number of amides is 1. The molecule has 0 aliphatic carbocycles. The zero-order chi connectivity index (χ0) is 18.5. The Hall–Kier alpha value is -1.89. The van der Waals surface area contributed by atoms with E-state index in [0.717, 1.165) is 5.69 Å². The third kappa shape index (κ3) is 2.81. The first-order chi connectivity index (χ1) is 10.8. The number of H-pyrrole nitrogens is 1. The summed E-state index contributed by atoms with van der Waals surface area (Å²) in [5.74, 6) is -0.0557. The number of aldehydes is 1. The third-order valence-electron chi connectivity index (χ3n) is 4.72. The van der Waals surface area contributed by atoms with Crippen LogP contribution in [0.1, 0.15) is 60.0 Å². The zero-order valence-corrected chi connectivity index (χ0v) is 15.9. The van der Waals surface area contributed by atoms with Gasteiger partial charge in [-0.1, -0.05) is 46.2 Å². The van der Waals surface area contributed by atoms with Crippen LogP contribution in [0.2, 0.25) is 5.02 Å². The number of nitrogens with zero attached hydrogens (tertiary/aromatic N) is 3. The maximum atomic E-state index is 11.5. The maximum absolute atomic E-state index is 11.5. The Labute approximate surface area is 146 Å². The summed E-state index contributed by atoms with van der Waals surface area (Å²) in [7, 11) is 0. The molecule has 2 aromatic heterocycles. The van der Waals surface area contributed by atoms with Gasteiger partial charge in [-0.05, 0) is 13.8 Å². The van der Waals surface area contributed by atoms with Crippen molar-refractivity contribution in [2.24, 2.45) is 0 Å². The van der Waals surface area contributed by atoms with E-state index >= 15 is 0 Å². The van der Waals surface area contributed by atoms with Gasteiger partial charge in [0, 0.05) is 16.4 Å². The highest BCUT2D eigenvalue weighted by Crippen LogP contribution is 2.37. The van der Waals surface area contributed by atoms with Crippen molar-refractivity contribution in [2.45, 2.75) is 64.8 Å². The van der Waals surface area contributed by atoms with E-state index in [1.54, 1.807) is 4.52 Å². The predicted molar refractivity (Wildman–Crippen MR) is 92.4 cm³/mol. The van der Waals surface area contributed by atoms with Crippen LogP contribution in [0.25, 0.3) is 5.65 Å². The van der Waals surface area contributed by atoms with Crippen LogP contribution >= 0.6 is 11.6 Å². The Morgan fingerprint density at radius 1 is 1.17 bits per heavy atom. The lowest BCUT2D eigenvalue weighted by atomic mass is 9.73. The molecule has 0 aliphatic rings. The second-order valence-corrected chi connectivity index (χ2v) is 8.47. The molecule has 0 bridgehead atoms. The summed E-state index contributed by atoms with van der Waals surface area (Å²) < 4.78 is 1.75. The first kappa shape index (κ1) is 18.4. The largest absolute Gasteiger partial charge is 0.344 e. The third-order valence-corrected chi connectivity index (χ3v) is 5.07. The SMILES string of the molecule is CC(C)(C)c1[nH]n2c(C(C)(C)C(C)(C)NC(=O)C=O)nnc2c1Cl. The minimum absolute atomic E-state index is 0.180. The summed E-state index contributed by atoms with van der Waals surface area (Å²) in [5, 5.41) is 15.0. The van der Waals surface area contributed by atoms with Crippen LogP contribution < -0.4 is 5.32 Å². The molecular formula is C16H24ClN5O2. The number of aromatic nitrogens is 4. The molecule has 2 rings (SSSR count). The normalized spacial score (nSPS) is 13.3. The number of aromatic amines is 1. The highest BCUT2D eigenvalue weighted by Gasteiger charge is 2.44. The fraction of sp³-hybridized carbons (Fsp3) is 0.625. The molecule has 2 aromatic rings. The van der Waals surface area contributed by atoms with Crippen LogP contribution in [-0.4, -0.2) is 37.5 Å². The van der Waals surface area contributed by atoms with E-state index in [0.29, 0.717) is 16.5 Å². The van der Waals surface area contributed by atoms with E-state index in [9.17, 15) is 9.59 Å². The Kier molecular flexibility index (Phi) is 4.29. The molecule has 0 fully saturated rings. The van der Waals surface area contributed by atoms with E-state index in [-0.39, 0.29) is 11.7 Å². The Bertz CT molecular complexity index is 795. The average Bonchev–Trinajstić information content (AvgIpc) is 2.98. The maximum Gasteiger partial charge on any atom is 0.284 e. The molecule has 0 saturated heterocycles. The molecule has 7 nitrogen and oxygen atoms in total. The monoisotopic (exact) mass is 353 g/mol. The average molecular weight is 354 g/mol. The van der Waals surface area contributed by atoms with E-state index in [2.05, 4.69) is 41.4 Å². The van der Waals surface area contributed by atoms with E-state index < -0.39 is 16.9 Å². The second kappa shape index (κ2) is 5.58. The summed E-state index contributed by atoms with van der Waals surface area (Å²) >= 11 is 6.46. The number of hydrogen-bond acceptors (Lipinski definition) is 4. The van der Waals surface area contributed by atoms with Crippen molar-refractivity contribution < 1.29 is 9.59 Å². The highest BCUT2D eigenvalue weighted by molar-refractivity contribution is 6.34. The van der Waals surface area contributed by atoms with E-state index in [1.807, 2.05) is 27.7 Å². The summed E-state index contributed by atoms with van der Waals surface area (Å²) in [5.41, 5.74) is -0.148. The van der Waals surface area contributed by atoms with Gasteiger partial charge >= 0.3 is 0 Å². The van der Waals surface area contributed by atoms with Gasteiger partial charge in [-0.3, -0.25) is 14.7 Å². The molecule has 2 heterocycles. The lowest BCUT2D eigenvalue weighted by Gasteiger charge is -2.40. The fourth-order valence-corrected chi connectivity index (χ4v) is 2.93. The number of halogens is 1. The Morgan fingerprint density at radius 2 is 1.75 bits per heavy atom. The lowest BCUT2D eigenvalue weighted by Crippen LogP contribution is -2.57. The van der Waals surface area contributed by atoms with E-state index in [4.69, 9.17) is 11.6 Å². The number of carbonyl (C=O) groups excluding carboxylic acids is 2. The van der Waals surface area contributed by atoms with Crippen molar-refractivity contribution in [3.05, 3.63) is 16.5 Å². The number of hydrogen-bond donors (Lipinski definition) is 2. The number of carbonyl (C=O) groups is 2. The number of fused-ring (bicyclic) bond motifs is 1. The summed E-state index contributed by atoms with van der Waals surface area (Å²) in [6, 6.07) is 0. The van der Waals surface area contributed by atoms with Gasteiger partial charge in [0.15, 0.2) is 11.5 Å². The highest BCUT2D eigenvalue weighted by atomic mass is 35.5. The first-order valence-electron chi connectivity index (χ1n) is 7.74. The number of nitrogens with one attached hydrogen (secondary N) is 2. The quantitative estimate of drug-likeness (QED) is 0.652. The molecule has 0 radical (unpaired) electrons. The minimum atomic E-state index is -0.743. The van der Waals surface area contributed by atoms with Crippen LogP contribution in [0, 0.1) is 0 Å². The summed E-state index contributed by atoms with van der Waals surface area (Å²) in [6.07, 6.45) is 0.264. The topological polar surface area (TPSA) is 92.2 Å². The van der Waals surface area contributed by atoms with Crippen molar-refractivity contribution in [1.29, 1.82) is 0 Å². The van der Waals surface area contributed by atoms with Crippen LogP contribution in [0.3, 0.4) is 0 Å². The smallest absolute Gasteiger partial charge is 0.284 e. The van der Waals surface area contributed by atoms with Gasteiger partial charge in [-0.25, -0.2) is 4.52 Å². The van der Waals surface area contributed by atoms with Gasteiger partial charge in [0.2, 0.25) is 6.29 Å². The second-order valence-electron chi connectivity index (χ2n) is 8.09. The van der Waals surface area contributed by atoms with Crippen LogP contribution in [0.4, 0.5) is 0 Å². The van der Waals surface area contributed by atoms with Gasteiger partial charge in [-0.15, -0.1) is 10.2 Å². The molecule has 24 heavy (non-hydrogen) atoms. The molecule has 132 valence electrons. The fourth-order valence-electron chi connectivity index (χ4n) is 2.48. The molecule has 0 atom stereocenters. The van der Waals surface area contributed by atoms with Crippen molar-refractivity contribution in [3.8, 4) is 0 Å². The van der Waals surface area contributed by atoms with Gasteiger partial charge in [0.05, 0.1) is 5.69 Å². The van der Waals surface area contributed by atoms with Crippen molar-refractivity contribution >= 4 is 29.4 Å². The molecular weight excluding hydrogens is 330 g/mol.